The van der Waals surface area contributed by atoms with Gasteiger partial charge in [0.2, 0.25) is 0 Å². The topological polar surface area (TPSA) is 363 Å². The van der Waals surface area contributed by atoms with Gasteiger partial charge in [-0.25, -0.2) is 9.59 Å². The molecule has 7 fully saturated rings. The lowest BCUT2D eigenvalue weighted by molar-refractivity contribution is -0.388. The normalized spacial score (nSPS) is 44.6. The molecule has 27 atom stereocenters. The first-order chi connectivity index (χ1) is 42.8. The van der Waals surface area contributed by atoms with Gasteiger partial charge in [0.15, 0.2) is 43.3 Å². The highest BCUT2D eigenvalue weighted by molar-refractivity contribution is 5.87. The van der Waals surface area contributed by atoms with Crippen LogP contribution in [0.4, 0.5) is 0 Å². The van der Waals surface area contributed by atoms with Crippen LogP contribution in [0.25, 0.3) is 6.08 Å². The third kappa shape index (κ3) is 12.6. The molecule has 1 aromatic rings. The maximum Gasteiger partial charge on any atom is 0.338 e. The van der Waals surface area contributed by atoms with E-state index in [0.717, 1.165) is 18.1 Å². The summed E-state index contributed by atoms with van der Waals surface area (Å²) in [6.45, 7) is 18.7. The van der Waals surface area contributed by atoms with Crippen LogP contribution in [-0.2, 0) is 66.5 Å². The molecule has 24 heteroatoms. The Morgan fingerprint density at radius 1 is 0.725 bits per heavy atom. The van der Waals surface area contributed by atoms with E-state index >= 15 is 0 Å². The minimum Gasteiger partial charge on any atom is -0.464 e. The molecule has 0 amide bonds. The van der Waals surface area contributed by atoms with Crippen molar-refractivity contribution in [3.8, 4) is 0 Å². The quantitative estimate of drug-likeness (QED) is 0.0238. The zero-order chi connectivity index (χ0) is 66.7. The molecule has 5 aliphatic carbocycles. The van der Waals surface area contributed by atoms with Crippen molar-refractivity contribution >= 4 is 30.0 Å². The molecule has 1 unspecified atom stereocenters. The van der Waals surface area contributed by atoms with Gasteiger partial charge in [0.25, 0.3) is 0 Å². The summed E-state index contributed by atoms with van der Waals surface area (Å²) in [4.78, 5) is 55.8. The first-order valence-corrected chi connectivity index (χ1v) is 32.6. The lowest BCUT2D eigenvalue weighted by Crippen LogP contribution is -2.76. The molecule has 8 aliphatic rings. The van der Waals surface area contributed by atoms with Gasteiger partial charge in [-0.2, -0.15) is 0 Å². The van der Waals surface area contributed by atoms with Crippen LogP contribution in [-0.4, -0.2) is 218 Å². The molecule has 10 N–H and O–H groups in total. The molecule has 3 saturated heterocycles. The van der Waals surface area contributed by atoms with E-state index in [4.69, 9.17) is 47.4 Å². The van der Waals surface area contributed by atoms with Crippen molar-refractivity contribution in [3.05, 3.63) is 53.6 Å². The van der Waals surface area contributed by atoms with E-state index in [1.54, 1.807) is 13.0 Å². The van der Waals surface area contributed by atoms with Crippen LogP contribution in [0, 0.1) is 56.2 Å². The monoisotopic (exact) mass is 1290 g/mol. The van der Waals surface area contributed by atoms with Crippen molar-refractivity contribution in [1.82, 2.24) is 0 Å². The van der Waals surface area contributed by atoms with Crippen LogP contribution in [0.1, 0.15) is 140 Å². The Morgan fingerprint density at radius 2 is 1.41 bits per heavy atom. The average Bonchev–Trinajstić information content (AvgIpc) is 0.664. The molecular formula is C67H100O24. The molecule has 3 heterocycles. The summed E-state index contributed by atoms with van der Waals surface area (Å²) in [6, 6.07) is 9.18. The zero-order valence-electron chi connectivity index (χ0n) is 54.3. The summed E-state index contributed by atoms with van der Waals surface area (Å²) in [7, 11) is 0. The van der Waals surface area contributed by atoms with Crippen LogP contribution in [0.2, 0.25) is 0 Å². The van der Waals surface area contributed by atoms with Crippen molar-refractivity contribution in [1.29, 1.82) is 0 Å². The van der Waals surface area contributed by atoms with E-state index in [0.29, 0.717) is 51.4 Å². The number of ether oxygens (including phenoxy) is 10. The molecule has 0 bridgehead atoms. The second-order valence-electron chi connectivity index (χ2n) is 29.0. The minimum absolute atomic E-state index is 0.0769. The number of carbonyl (C=O) groups excluding carboxylic acids is 4. The van der Waals surface area contributed by atoms with E-state index in [9.17, 15) is 70.2 Å². The lowest BCUT2D eigenvalue weighted by Gasteiger charge is -2.73. The van der Waals surface area contributed by atoms with Crippen molar-refractivity contribution in [3.63, 3.8) is 0 Å². The van der Waals surface area contributed by atoms with E-state index in [1.165, 1.54) is 6.08 Å². The number of aliphatic hydroxyl groups is 10. The number of allylic oxidation sites excluding steroid dienone is 1. The Labute approximate surface area is 532 Å². The van der Waals surface area contributed by atoms with Crippen molar-refractivity contribution in [2.24, 2.45) is 56.2 Å². The Morgan fingerprint density at radius 3 is 2.05 bits per heavy atom. The number of aliphatic hydroxyl groups excluding tert-OH is 10. The zero-order valence-corrected chi connectivity index (χ0v) is 54.3. The Balaban J connectivity index is 1.06. The predicted octanol–water partition coefficient (Wildman–Crippen LogP) is 2.92. The van der Waals surface area contributed by atoms with Gasteiger partial charge < -0.3 is 98.4 Å². The van der Waals surface area contributed by atoms with Gasteiger partial charge in [-0.05, 0) is 97.0 Å². The summed E-state index contributed by atoms with van der Waals surface area (Å²) in [5.41, 5.74) is -4.26. The van der Waals surface area contributed by atoms with Gasteiger partial charge >= 0.3 is 23.9 Å². The molecule has 0 radical (unpaired) electrons. The Kier molecular flexibility index (Phi) is 21.6. The molecular weight excluding hydrogens is 1190 g/mol. The standard InChI is InChI=1S/C67H100O24/c1-12-14-28-82-58(81)51-49(88-59-47(76)44(73)38(71)31-83-59)50(84-34(4)70)52(90-60-48(77)46(75)45(74)39(30-68)85-60)61(89-51)86-42-25-26-64(9)40(63(42,7)8)24-27-65(10)41(64)22-21-36-37-29-62(5,6)55(87-43(72)23-20-35-18-16-15-17-19-35)56(91-57(80)33(3)13-2)67(37,32-69)54(79)53(78)66(36,65)11/h15-21,23,33,37-42,44-56,59-61,68-69,71,73-79H,12-14,22,24-32H2,1-11H3/b23-20+/t33?,37-,38-,39+,40-,41+,42-,44-,45+,46-,47+,48+,49-,50-,51-,52+,53-,54+,55-,56-,59-,60-,61+,64-,65+,66-,67-/m0/s1. The smallest absolute Gasteiger partial charge is 0.338 e. The van der Waals surface area contributed by atoms with Gasteiger partial charge in [0, 0.05) is 23.8 Å². The lowest BCUT2D eigenvalue weighted by atomic mass is 9.32. The van der Waals surface area contributed by atoms with E-state index < -0.39 is 205 Å². The molecule has 0 aromatic heterocycles. The number of rotatable bonds is 19. The molecule has 3 aliphatic heterocycles. The van der Waals surface area contributed by atoms with E-state index in [2.05, 4.69) is 33.8 Å². The first kappa shape index (κ1) is 71.2. The predicted molar refractivity (Wildman–Crippen MR) is 321 cm³/mol. The number of unbranched alkanes of at least 4 members (excludes halogenated alkanes) is 1. The van der Waals surface area contributed by atoms with Gasteiger partial charge in [-0.1, -0.05) is 118 Å². The summed E-state index contributed by atoms with van der Waals surface area (Å²) in [6.07, 6.45) is -22.3. The Bertz CT molecular complexity index is 2780. The average molecular weight is 1290 g/mol. The van der Waals surface area contributed by atoms with Crippen LogP contribution in [0.5, 0.6) is 0 Å². The highest BCUT2D eigenvalue weighted by atomic mass is 16.8. The third-order valence-corrected chi connectivity index (χ3v) is 23.1. The maximum absolute atomic E-state index is 14.4. The molecule has 512 valence electrons. The molecule has 9 rings (SSSR count). The summed E-state index contributed by atoms with van der Waals surface area (Å²) in [5, 5.41) is 114. The van der Waals surface area contributed by atoms with Crippen molar-refractivity contribution < 1.29 is 118 Å². The van der Waals surface area contributed by atoms with Crippen LogP contribution < -0.4 is 0 Å². The fourth-order valence-electron chi connectivity index (χ4n) is 17.5. The van der Waals surface area contributed by atoms with Crippen LogP contribution >= 0.6 is 0 Å². The molecule has 24 nitrogen and oxygen atoms in total. The molecule has 0 spiro atoms. The van der Waals surface area contributed by atoms with Gasteiger partial charge in [-0.3, -0.25) is 9.59 Å². The number of esters is 4. The highest BCUT2D eigenvalue weighted by Crippen LogP contribution is 2.76. The number of hydrogen-bond donors (Lipinski definition) is 10. The third-order valence-electron chi connectivity index (χ3n) is 23.1. The molecule has 4 saturated carbocycles. The first-order valence-electron chi connectivity index (χ1n) is 32.6. The number of hydrogen-bond acceptors (Lipinski definition) is 24. The summed E-state index contributed by atoms with van der Waals surface area (Å²) < 4.78 is 62.4. The fraction of sp³-hybridized carbons (Fsp3) is 0.791. The maximum atomic E-state index is 14.4. The fourth-order valence-corrected chi connectivity index (χ4v) is 17.5. The highest BCUT2D eigenvalue weighted by Gasteiger charge is 2.76. The largest absolute Gasteiger partial charge is 0.464 e. The Hall–Kier alpha value is -4.06. The molecule has 1 aromatic carbocycles. The molecule has 91 heavy (non-hydrogen) atoms. The SMILES string of the molecule is CCCCOC(=O)[C@H]1O[C@@H](O[C@H]2CC[C@]3(C)[C@H]4CC=C5[C@@H]6CC(C)(C)[C@@H](OC(=O)/C=C/c7ccccc7)[C@H](OC(=O)C(C)CC)[C@]6(CO)[C@H](O)[C@H](O)[C@@]5(C)[C@]4(C)CC[C@H]3C2(C)C)[C@H](O[C@@H]2O[C@H](CO)[C@@H](O)[C@H](O)[C@H]2O)[C@@H](OC(C)=O)[C@@H]1O[C@@H]1OC[C@H](O)[C@H](O)[C@H]1O. The minimum atomic E-state index is -2.00. The van der Waals surface area contributed by atoms with Crippen molar-refractivity contribution in [2.45, 2.75) is 250 Å². The van der Waals surface area contributed by atoms with Gasteiger partial charge in [-0.15, -0.1) is 0 Å². The van der Waals surface area contributed by atoms with Gasteiger partial charge in [0.1, 0.15) is 54.9 Å². The summed E-state index contributed by atoms with van der Waals surface area (Å²) >= 11 is 0. The van der Waals surface area contributed by atoms with Gasteiger partial charge in [0.05, 0.1) is 56.1 Å². The summed E-state index contributed by atoms with van der Waals surface area (Å²) in [5.74, 6) is -4.84. The van der Waals surface area contributed by atoms with E-state index in [1.807, 2.05) is 65.0 Å². The van der Waals surface area contributed by atoms with Crippen LogP contribution in [0.15, 0.2) is 48.1 Å². The van der Waals surface area contributed by atoms with E-state index in [-0.39, 0.29) is 24.9 Å². The second kappa shape index (κ2) is 27.6. The number of carbonyl (C=O) groups is 4. The van der Waals surface area contributed by atoms with Crippen molar-refractivity contribution in [2.75, 3.05) is 26.4 Å². The number of fused-ring (bicyclic) bond motifs is 7. The van der Waals surface area contributed by atoms with Crippen LogP contribution in [0.3, 0.4) is 0 Å². The second-order valence-corrected chi connectivity index (χ2v) is 29.0. The number of benzene rings is 1.